The van der Waals surface area contributed by atoms with Crippen LogP contribution in [0.5, 0.6) is 11.5 Å². The standard InChI is InChI=1S/C12H9F3N2O/c13-12(14,15)8-1-2-11(10(16)7-8)18-9-3-5-17-6-4-9/h1-7H,16H2. The summed E-state index contributed by atoms with van der Waals surface area (Å²) < 4.78 is 42.6. The van der Waals surface area contributed by atoms with E-state index in [0.29, 0.717) is 5.75 Å². The molecule has 0 fully saturated rings. The predicted octanol–water partition coefficient (Wildman–Crippen LogP) is 3.47. The molecule has 6 heteroatoms. The van der Waals surface area contributed by atoms with Crippen LogP contribution in [0.3, 0.4) is 0 Å². The fraction of sp³-hybridized carbons (Fsp3) is 0.0833. The predicted molar refractivity (Wildman–Crippen MR) is 60.2 cm³/mol. The first-order valence-corrected chi connectivity index (χ1v) is 5.01. The molecule has 3 nitrogen and oxygen atoms in total. The Hall–Kier alpha value is -2.24. The average Bonchev–Trinajstić information content (AvgIpc) is 2.32. The number of nitrogens with zero attached hydrogens (tertiary/aromatic N) is 1. The SMILES string of the molecule is Nc1cc(C(F)(F)F)ccc1Oc1ccncc1. The van der Waals surface area contributed by atoms with E-state index in [1.54, 1.807) is 12.1 Å². The molecule has 0 unspecified atom stereocenters. The molecule has 1 aromatic heterocycles. The number of nitrogens with two attached hydrogens (primary N) is 1. The lowest BCUT2D eigenvalue weighted by Gasteiger charge is -2.11. The van der Waals surface area contributed by atoms with Gasteiger partial charge in [-0.2, -0.15) is 13.2 Å². The summed E-state index contributed by atoms with van der Waals surface area (Å²) in [4.78, 5) is 3.80. The normalized spacial score (nSPS) is 11.3. The van der Waals surface area contributed by atoms with Crippen molar-refractivity contribution in [3.8, 4) is 11.5 Å². The molecule has 0 radical (unpaired) electrons. The minimum absolute atomic E-state index is 0.0679. The average molecular weight is 254 g/mol. The summed E-state index contributed by atoms with van der Waals surface area (Å²) in [6.45, 7) is 0. The monoisotopic (exact) mass is 254 g/mol. The zero-order valence-corrected chi connectivity index (χ0v) is 9.11. The first-order valence-electron chi connectivity index (χ1n) is 5.01. The molecule has 18 heavy (non-hydrogen) atoms. The largest absolute Gasteiger partial charge is 0.455 e. The van der Waals surface area contributed by atoms with Gasteiger partial charge in [0.2, 0.25) is 0 Å². The van der Waals surface area contributed by atoms with Crippen molar-refractivity contribution in [1.82, 2.24) is 4.98 Å². The summed E-state index contributed by atoms with van der Waals surface area (Å²) in [6, 6.07) is 6.12. The third-order valence-corrected chi connectivity index (χ3v) is 2.21. The van der Waals surface area contributed by atoms with E-state index in [4.69, 9.17) is 10.5 Å². The Morgan fingerprint density at radius 2 is 1.72 bits per heavy atom. The highest BCUT2D eigenvalue weighted by atomic mass is 19.4. The second-order valence-electron chi connectivity index (χ2n) is 3.54. The summed E-state index contributed by atoms with van der Waals surface area (Å²) in [7, 11) is 0. The van der Waals surface area contributed by atoms with Crippen LogP contribution in [-0.4, -0.2) is 4.98 Å². The maximum atomic E-state index is 12.4. The number of alkyl halides is 3. The molecule has 0 saturated carbocycles. The van der Waals surface area contributed by atoms with Crippen LogP contribution in [-0.2, 0) is 6.18 Å². The summed E-state index contributed by atoms with van der Waals surface area (Å²) >= 11 is 0. The number of pyridine rings is 1. The molecule has 0 saturated heterocycles. The van der Waals surface area contributed by atoms with Gasteiger partial charge in [-0.05, 0) is 30.3 Å². The quantitative estimate of drug-likeness (QED) is 0.834. The second kappa shape index (κ2) is 4.56. The molecule has 0 aliphatic rings. The number of anilines is 1. The minimum atomic E-state index is -4.41. The number of ether oxygens (including phenoxy) is 1. The number of nitrogen functional groups attached to an aromatic ring is 1. The van der Waals surface area contributed by atoms with Gasteiger partial charge >= 0.3 is 6.18 Å². The maximum Gasteiger partial charge on any atom is 0.416 e. The molecule has 0 bridgehead atoms. The Bertz CT molecular complexity index is 541. The Balaban J connectivity index is 2.26. The van der Waals surface area contributed by atoms with Crippen molar-refractivity contribution in [3.63, 3.8) is 0 Å². The highest BCUT2D eigenvalue weighted by Gasteiger charge is 2.30. The van der Waals surface area contributed by atoms with E-state index >= 15 is 0 Å². The second-order valence-corrected chi connectivity index (χ2v) is 3.54. The molecule has 94 valence electrons. The van der Waals surface area contributed by atoms with E-state index in [-0.39, 0.29) is 11.4 Å². The maximum absolute atomic E-state index is 12.4. The van der Waals surface area contributed by atoms with Crippen LogP contribution < -0.4 is 10.5 Å². The van der Waals surface area contributed by atoms with Crippen molar-refractivity contribution in [1.29, 1.82) is 0 Å². The van der Waals surface area contributed by atoms with E-state index < -0.39 is 11.7 Å². The minimum Gasteiger partial charge on any atom is -0.455 e. The van der Waals surface area contributed by atoms with E-state index in [2.05, 4.69) is 4.98 Å². The number of benzene rings is 1. The van der Waals surface area contributed by atoms with Crippen LogP contribution in [0.15, 0.2) is 42.7 Å². The third-order valence-electron chi connectivity index (χ3n) is 2.21. The van der Waals surface area contributed by atoms with Crippen LogP contribution >= 0.6 is 0 Å². The van der Waals surface area contributed by atoms with E-state index in [1.807, 2.05) is 0 Å². The molecule has 1 heterocycles. The van der Waals surface area contributed by atoms with Crippen LogP contribution in [0.1, 0.15) is 5.56 Å². The Kier molecular flexibility index (Phi) is 3.10. The molecule has 0 aliphatic carbocycles. The molecule has 0 aliphatic heterocycles. The van der Waals surface area contributed by atoms with Gasteiger partial charge in [-0.1, -0.05) is 0 Å². The van der Waals surface area contributed by atoms with E-state index in [0.717, 1.165) is 12.1 Å². The van der Waals surface area contributed by atoms with Crippen LogP contribution in [0, 0.1) is 0 Å². The van der Waals surface area contributed by atoms with Crippen LogP contribution in [0.4, 0.5) is 18.9 Å². The van der Waals surface area contributed by atoms with Gasteiger partial charge in [-0.15, -0.1) is 0 Å². The molecule has 0 amide bonds. The molecule has 0 atom stereocenters. The highest BCUT2D eigenvalue weighted by Crippen LogP contribution is 2.35. The number of halogens is 3. The van der Waals surface area contributed by atoms with E-state index in [9.17, 15) is 13.2 Å². The van der Waals surface area contributed by atoms with Crippen molar-refractivity contribution in [3.05, 3.63) is 48.3 Å². The zero-order valence-electron chi connectivity index (χ0n) is 9.11. The zero-order chi connectivity index (χ0) is 13.2. The van der Waals surface area contributed by atoms with Crippen LogP contribution in [0.2, 0.25) is 0 Å². The molecular weight excluding hydrogens is 245 g/mol. The van der Waals surface area contributed by atoms with E-state index in [1.165, 1.54) is 18.5 Å². The Morgan fingerprint density at radius 1 is 1.06 bits per heavy atom. The van der Waals surface area contributed by atoms with Crippen molar-refractivity contribution < 1.29 is 17.9 Å². The van der Waals surface area contributed by atoms with Gasteiger partial charge in [0.25, 0.3) is 0 Å². The number of hydrogen-bond acceptors (Lipinski definition) is 3. The Morgan fingerprint density at radius 3 is 2.28 bits per heavy atom. The van der Waals surface area contributed by atoms with Gasteiger partial charge < -0.3 is 10.5 Å². The molecule has 0 spiro atoms. The lowest BCUT2D eigenvalue weighted by Crippen LogP contribution is -2.05. The molecular formula is C12H9F3N2O. The lowest BCUT2D eigenvalue weighted by molar-refractivity contribution is -0.137. The van der Waals surface area contributed by atoms with Gasteiger partial charge in [0.15, 0.2) is 0 Å². The molecule has 2 N–H and O–H groups in total. The van der Waals surface area contributed by atoms with Gasteiger partial charge in [0.05, 0.1) is 11.3 Å². The van der Waals surface area contributed by atoms with Crippen molar-refractivity contribution >= 4 is 5.69 Å². The highest BCUT2D eigenvalue weighted by molar-refractivity contribution is 5.56. The fourth-order valence-electron chi connectivity index (χ4n) is 1.35. The molecule has 2 rings (SSSR count). The van der Waals surface area contributed by atoms with Crippen LogP contribution in [0.25, 0.3) is 0 Å². The van der Waals surface area contributed by atoms with Gasteiger partial charge in [-0.25, -0.2) is 0 Å². The lowest BCUT2D eigenvalue weighted by atomic mass is 10.2. The number of aromatic nitrogens is 1. The van der Waals surface area contributed by atoms with Gasteiger partial charge in [0.1, 0.15) is 11.5 Å². The van der Waals surface area contributed by atoms with Crippen molar-refractivity contribution in [2.45, 2.75) is 6.18 Å². The topological polar surface area (TPSA) is 48.1 Å². The van der Waals surface area contributed by atoms with Gasteiger partial charge in [-0.3, -0.25) is 4.98 Å². The summed E-state index contributed by atoms with van der Waals surface area (Å²) in [5.74, 6) is 0.630. The smallest absolute Gasteiger partial charge is 0.416 e. The number of hydrogen-bond donors (Lipinski definition) is 1. The van der Waals surface area contributed by atoms with Gasteiger partial charge in [0, 0.05) is 12.4 Å². The Labute approximate surface area is 101 Å². The first-order chi connectivity index (χ1) is 8.47. The van der Waals surface area contributed by atoms with Crippen molar-refractivity contribution in [2.75, 3.05) is 5.73 Å². The third kappa shape index (κ3) is 2.71. The fourth-order valence-corrected chi connectivity index (χ4v) is 1.35. The number of rotatable bonds is 2. The molecule has 1 aromatic carbocycles. The summed E-state index contributed by atoms with van der Waals surface area (Å²) in [5.41, 5.74) is 4.65. The first kappa shape index (κ1) is 12.2. The summed E-state index contributed by atoms with van der Waals surface area (Å²) in [6.07, 6.45) is -1.39. The summed E-state index contributed by atoms with van der Waals surface area (Å²) in [5, 5.41) is 0. The molecule has 2 aromatic rings. The van der Waals surface area contributed by atoms with Crippen molar-refractivity contribution in [2.24, 2.45) is 0 Å².